The zero-order chi connectivity index (χ0) is 43.3. The zero-order valence-corrected chi connectivity index (χ0v) is 37.8. The Morgan fingerprint density at radius 3 is 2.37 bits per heavy atom. The smallest absolute Gasteiger partial charge is 0.311 e. The lowest BCUT2D eigenvalue weighted by Gasteiger charge is -2.44. The molecule has 2 saturated heterocycles. The molecule has 2 aliphatic heterocycles. The van der Waals surface area contributed by atoms with Crippen LogP contribution < -0.4 is 5.43 Å². The van der Waals surface area contributed by atoms with E-state index in [1.54, 1.807) is 22.9 Å². The summed E-state index contributed by atoms with van der Waals surface area (Å²) in [7, 11) is 0. The van der Waals surface area contributed by atoms with Crippen LogP contribution >= 0.6 is 34.8 Å². The molecule has 324 valence electrons. The molecule has 2 fully saturated rings. The van der Waals surface area contributed by atoms with E-state index < -0.39 is 11.5 Å². The quantitative estimate of drug-likeness (QED) is 0.193. The molecular formula is C47H59Cl3N4O6. The van der Waals surface area contributed by atoms with Crippen molar-refractivity contribution in [3.05, 3.63) is 92.6 Å². The Labute approximate surface area is 369 Å². The van der Waals surface area contributed by atoms with E-state index in [0.29, 0.717) is 50.6 Å². The Balaban J connectivity index is 0.000000201. The Hall–Kier alpha value is -3.67. The van der Waals surface area contributed by atoms with Crippen LogP contribution in [0.1, 0.15) is 108 Å². The fraction of sp³-hybridized carbons (Fsp3) is 0.532. The van der Waals surface area contributed by atoms with Gasteiger partial charge in [0.1, 0.15) is 12.2 Å². The minimum Gasteiger partial charge on any atom is -0.462 e. The number of benzene rings is 2. The van der Waals surface area contributed by atoms with Crippen LogP contribution in [0.2, 0.25) is 15.1 Å². The molecule has 0 saturated carbocycles. The van der Waals surface area contributed by atoms with Gasteiger partial charge in [0.05, 0.1) is 34.3 Å². The van der Waals surface area contributed by atoms with Crippen molar-refractivity contribution in [2.45, 2.75) is 118 Å². The van der Waals surface area contributed by atoms with Crippen molar-refractivity contribution < 1.29 is 29.0 Å². The minimum absolute atomic E-state index is 0.0949. The number of allylic oxidation sites excluding steroid dienone is 3. The summed E-state index contributed by atoms with van der Waals surface area (Å²) in [5, 5.41) is 18.1. The van der Waals surface area contributed by atoms with Gasteiger partial charge in [0, 0.05) is 46.6 Å². The number of aromatic nitrogens is 2. The van der Waals surface area contributed by atoms with Gasteiger partial charge in [-0.1, -0.05) is 92.4 Å². The van der Waals surface area contributed by atoms with Gasteiger partial charge in [-0.05, 0) is 113 Å². The molecule has 3 heterocycles. The number of aliphatic hydroxyl groups excluding tert-OH is 1. The van der Waals surface area contributed by atoms with Crippen molar-refractivity contribution in [2.24, 2.45) is 29.1 Å². The molecule has 1 aromatic heterocycles. The molecule has 7 atom stereocenters. The standard InChI is InChI=1S/C25H38O5.C22H21Cl3N4O/c1-6-25(4,5)24(28)30-21-12-15(2)11-17-8-7-16(3)20(23(17)21)10-9-19-13-18(26)14-22(27)29-19;1-14-20(22(30)27-28-11-3-2-4-12-28)26-29(19-10-9-17(24)13-18(19)25)21(14)15-5-7-16(23)8-6-15/h7-8,11,15-16,18-21,23,26H,6,9-10,12-14H2,1-5H3;5-10,13H,2-4,11-12H2,1H3,(H,27,30)/t15-,16-,18+,19+,20-,21-,23-;/m0./s1. The summed E-state index contributed by atoms with van der Waals surface area (Å²) in [5.41, 5.74) is 7.20. The number of carbonyl (C=O) groups excluding carboxylic acids is 3. The minimum atomic E-state index is -0.601. The summed E-state index contributed by atoms with van der Waals surface area (Å²) in [4.78, 5) is 37.6. The summed E-state index contributed by atoms with van der Waals surface area (Å²) in [5.74, 6) is 0.548. The van der Waals surface area contributed by atoms with E-state index in [-0.39, 0.29) is 42.4 Å². The van der Waals surface area contributed by atoms with Crippen LogP contribution in [0, 0.1) is 36.0 Å². The van der Waals surface area contributed by atoms with Gasteiger partial charge in [-0.15, -0.1) is 0 Å². The predicted octanol–water partition coefficient (Wildman–Crippen LogP) is 10.5. The van der Waals surface area contributed by atoms with Gasteiger partial charge in [0.25, 0.3) is 5.91 Å². The third kappa shape index (κ3) is 11.0. The first kappa shape index (κ1) is 45.8. The second-order valence-electron chi connectivity index (χ2n) is 17.6. The topological polar surface area (TPSA) is 123 Å². The van der Waals surface area contributed by atoms with Crippen molar-refractivity contribution in [2.75, 3.05) is 13.1 Å². The first-order valence-electron chi connectivity index (χ1n) is 21.4. The molecule has 2 aliphatic carbocycles. The monoisotopic (exact) mass is 880 g/mol. The molecule has 2 aromatic carbocycles. The number of hydrazine groups is 1. The van der Waals surface area contributed by atoms with Crippen LogP contribution in [0.4, 0.5) is 0 Å². The fourth-order valence-corrected chi connectivity index (χ4v) is 9.38. The molecule has 13 heteroatoms. The average Bonchev–Trinajstić information content (AvgIpc) is 3.54. The van der Waals surface area contributed by atoms with Gasteiger partial charge in [-0.25, -0.2) is 9.69 Å². The van der Waals surface area contributed by atoms with Gasteiger partial charge >= 0.3 is 11.9 Å². The SMILES string of the molecule is CCC(C)(C)C(=O)O[C@H]1C[C@@H](C)C=C2C=C[C@H](C)[C@H](CC[C@@H]3C[C@@H](O)CC(=O)O3)[C@H]21.Cc1c(C(=O)NN2CCCCC2)nn(-c2ccc(Cl)cc2Cl)c1-c1ccc(Cl)cc1. The Morgan fingerprint density at radius 2 is 1.70 bits per heavy atom. The summed E-state index contributed by atoms with van der Waals surface area (Å²) < 4.78 is 13.3. The molecule has 0 unspecified atom stereocenters. The second kappa shape index (κ2) is 20.0. The van der Waals surface area contributed by atoms with Gasteiger partial charge in [0.15, 0.2) is 5.69 Å². The van der Waals surface area contributed by atoms with Crippen LogP contribution in [-0.4, -0.2) is 69.1 Å². The van der Waals surface area contributed by atoms with Crippen LogP contribution in [0.25, 0.3) is 16.9 Å². The first-order chi connectivity index (χ1) is 28.5. The average molecular weight is 882 g/mol. The second-order valence-corrected chi connectivity index (χ2v) is 18.9. The van der Waals surface area contributed by atoms with Crippen LogP contribution in [0.5, 0.6) is 0 Å². The number of halogens is 3. The van der Waals surface area contributed by atoms with E-state index in [0.717, 1.165) is 68.4 Å². The maximum Gasteiger partial charge on any atom is 0.311 e. The molecule has 0 bridgehead atoms. The highest BCUT2D eigenvalue weighted by atomic mass is 35.5. The van der Waals surface area contributed by atoms with E-state index in [4.69, 9.17) is 44.3 Å². The van der Waals surface area contributed by atoms with Crippen molar-refractivity contribution in [3.63, 3.8) is 0 Å². The number of nitrogens with one attached hydrogen (secondary N) is 1. The van der Waals surface area contributed by atoms with Crippen LogP contribution in [0.3, 0.4) is 0 Å². The highest BCUT2D eigenvalue weighted by Gasteiger charge is 2.43. The lowest BCUT2D eigenvalue weighted by Crippen LogP contribution is -2.45. The number of hydrogen-bond acceptors (Lipinski definition) is 8. The zero-order valence-electron chi connectivity index (χ0n) is 35.6. The lowest BCUT2D eigenvalue weighted by atomic mass is 9.65. The molecule has 2 N–H and O–H groups in total. The largest absolute Gasteiger partial charge is 0.462 e. The van der Waals surface area contributed by atoms with Gasteiger partial charge < -0.3 is 14.6 Å². The third-order valence-electron chi connectivity index (χ3n) is 12.6. The lowest BCUT2D eigenvalue weighted by molar-refractivity contribution is -0.166. The number of nitrogens with zero attached hydrogens (tertiary/aromatic N) is 3. The molecule has 3 aromatic rings. The number of amides is 1. The van der Waals surface area contributed by atoms with Crippen molar-refractivity contribution in [1.29, 1.82) is 0 Å². The fourth-order valence-electron chi connectivity index (χ4n) is 8.77. The molecule has 4 aliphatic rings. The molecule has 7 rings (SSSR count). The molecular weight excluding hydrogens is 823 g/mol. The van der Waals surface area contributed by atoms with Crippen molar-refractivity contribution in [1.82, 2.24) is 20.2 Å². The van der Waals surface area contributed by atoms with Crippen LogP contribution in [0.15, 0.2) is 66.3 Å². The van der Waals surface area contributed by atoms with E-state index in [1.807, 2.05) is 57.0 Å². The number of esters is 2. The summed E-state index contributed by atoms with van der Waals surface area (Å²) in [6.45, 7) is 13.9. The third-order valence-corrected chi connectivity index (χ3v) is 13.3. The van der Waals surface area contributed by atoms with Gasteiger partial charge in [-0.2, -0.15) is 5.10 Å². The van der Waals surface area contributed by atoms with Gasteiger partial charge in [0.2, 0.25) is 0 Å². The number of carbonyl (C=O) groups is 3. The number of piperidine rings is 1. The predicted molar refractivity (Wildman–Crippen MR) is 237 cm³/mol. The number of aliphatic hydroxyl groups is 1. The maximum absolute atomic E-state index is 13.1. The number of ether oxygens (including phenoxy) is 2. The highest BCUT2D eigenvalue weighted by Crippen LogP contribution is 2.46. The molecule has 0 radical (unpaired) electrons. The summed E-state index contributed by atoms with van der Waals surface area (Å²) >= 11 is 18.6. The number of rotatable bonds is 10. The molecule has 1 amide bonds. The van der Waals surface area contributed by atoms with Crippen molar-refractivity contribution >= 4 is 52.6 Å². The number of fused-ring (bicyclic) bond motifs is 1. The van der Waals surface area contributed by atoms with Crippen molar-refractivity contribution in [3.8, 4) is 16.9 Å². The number of hydrogen-bond donors (Lipinski definition) is 2. The normalized spacial score (nSPS) is 25.6. The Morgan fingerprint density at radius 1 is 1.00 bits per heavy atom. The number of cyclic esters (lactones) is 1. The van der Waals surface area contributed by atoms with Gasteiger partial charge in [-0.3, -0.25) is 19.8 Å². The van der Waals surface area contributed by atoms with E-state index in [9.17, 15) is 19.5 Å². The van der Waals surface area contributed by atoms with Crippen LogP contribution in [-0.2, 0) is 19.1 Å². The Bertz CT molecular complexity index is 2070. The van der Waals surface area contributed by atoms with E-state index in [2.05, 4.69) is 42.6 Å². The maximum atomic E-state index is 13.1. The molecule has 10 nitrogen and oxygen atoms in total. The summed E-state index contributed by atoms with van der Waals surface area (Å²) in [6, 6.07) is 12.6. The summed E-state index contributed by atoms with van der Waals surface area (Å²) in [6.07, 6.45) is 13.0. The highest BCUT2D eigenvalue weighted by molar-refractivity contribution is 6.35. The first-order valence-corrected chi connectivity index (χ1v) is 22.5. The van der Waals surface area contributed by atoms with E-state index >= 15 is 0 Å². The Kier molecular flexibility index (Phi) is 15.3. The van der Waals surface area contributed by atoms with E-state index in [1.165, 1.54) is 12.0 Å². The molecule has 60 heavy (non-hydrogen) atoms. The molecule has 0 spiro atoms.